The lowest BCUT2D eigenvalue weighted by atomic mass is 9.80. The van der Waals surface area contributed by atoms with Crippen molar-refractivity contribution < 1.29 is 9.53 Å². The first-order valence-electron chi connectivity index (χ1n) is 12.9. The number of amides is 1. The molecule has 1 amide bonds. The van der Waals surface area contributed by atoms with Crippen LogP contribution in [0.25, 0.3) is 0 Å². The summed E-state index contributed by atoms with van der Waals surface area (Å²) in [5.41, 5.74) is 5.09. The summed E-state index contributed by atoms with van der Waals surface area (Å²) in [6.07, 6.45) is 6.79. The van der Waals surface area contributed by atoms with Crippen LogP contribution in [0.4, 0.5) is 0 Å². The minimum absolute atomic E-state index is 0.00448. The van der Waals surface area contributed by atoms with Gasteiger partial charge in [-0.2, -0.15) is 0 Å². The van der Waals surface area contributed by atoms with Gasteiger partial charge in [0, 0.05) is 18.9 Å². The molecule has 1 aliphatic heterocycles. The van der Waals surface area contributed by atoms with Crippen LogP contribution in [-0.2, 0) is 11.2 Å². The van der Waals surface area contributed by atoms with E-state index in [0.29, 0.717) is 6.42 Å². The van der Waals surface area contributed by atoms with E-state index >= 15 is 0 Å². The van der Waals surface area contributed by atoms with Crippen LogP contribution >= 0.6 is 15.9 Å². The molecule has 0 saturated carbocycles. The molecule has 35 heavy (non-hydrogen) atoms. The van der Waals surface area contributed by atoms with Gasteiger partial charge in [-0.3, -0.25) is 4.79 Å². The minimum atomic E-state index is 0.00448. The first-order chi connectivity index (χ1) is 17.1. The van der Waals surface area contributed by atoms with E-state index in [1.54, 1.807) is 7.11 Å². The Bertz CT molecular complexity index is 1060. The Labute approximate surface area is 218 Å². The average Bonchev–Trinajstić information content (AvgIpc) is 2.90. The number of fused-ring (bicyclic) bond motifs is 1. The molecule has 0 fully saturated rings. The predicted molar refractivity (Wildman–Crippen MR) is 147 cm³/mol. The third-order valence-electron chi connectivity index (χ3n) is 7.20. The topological polar surface area (TPSA) is 29.5 Å². The van der Waals surface area contributed by atoms with Crippen molar-refractivity contribution in [3.63, 3.8) is 0 Å². The number of benzene rings is 3. The third-order valence-corrected chi connectivity index (χ3v) is 7.82. The number of halogens is 1. The molecule has 4 rings (SSSR count). The Morgan fingerprint density at radius 2 is 1.66 bits per heavy atom. The summed E-state index contributed by atoms with van der Waals surface area (Å²) in [7, 11) is 1.71. The number of hydrogen-bond donors (Lipinski definition) is 0. The van der Waals surface area contributed by atoms with Gasteiger partial charge in [0.05, 0.1) is 17.6 Å². The van der Waals surface area contributed by atoms with Crippen molar-refractivity contribution in [3.05, 3.63) is 99.5 Å². The largest absolute Gasteiger partial charge is 0.496 e. The number of methoxy groups -OCH3 is 1. The molecule has 0 aromatic heterocycles. The van der Waals surface area contributed by atoms with Crippen molar-refractivity contribution in [2.75, 3.05) is 13.7 Å². The smallest absolute Gasteiger partial charge is 0.223 e. The lowest BCUT2D eigenvalue weighted by molar-refractivity contribution is -0.134. The van der Waals surface area contributed by atoms with Crippen molar-refractivity contribution in [2.45, 2.75) is 63.8 Å². The van der Waals surface area contributed by atoms with E-state index in [0.717, 1.165) is 42.5 Å². The summed E-state index contributed by atoms with van der Waals surface area (Å²) in [6.45, 7) is 2.97. The number of rotatable bonds is 10. The van der Waals surface area contributed by atoms with E-state index in [4.69, 9.17) is 4.74 Å². The lowest BCUT2D eigenvalue weighted by Crippen LogP contribution is -2.40. The van der Waals surface area contributed by atoms with Crippen LogP contribution in [0.2, 0.25) is 0 Å². The molecule has 1 heterocycles. The van der Waals surface area contributed by atoms with Crippen LogP contribution < -0.4 is 4.74 Å². The summed E-state index contributed by atoms with van der Waals surface area (Å²) in [5, 5.41) is 0. The van der Waals surface area contributed by atoms with Gasteiger partial charge in [0.1, 0.15) is 5.75 Å². The molecule has 0 saturated heterocycles. The van der Waals surface area contributed by atoms with E-state index < -0.39 is 0 Å². The Hall–Kier alpha value is -2.59. The second-order valence-corrected chi connectivity index (χ2v) is 10.3. The number of carbonyl (C=O) groups is 1. The molecule has 1 atom stereocenters. The van der Waals surface area contributed by atoms with E-state index in [1.807, 2.05) is 0 Å². The molecule has 0 N–H and O–H groups in total. The van der Waals surface area contributed by atoms with E-state index in [2.05, 4.69) is 101 Å². The standard InChI is InChI=1S/C31H36BrNO2/c1-3-4-5-12-17-31(34)33-19-18-25-20-28(32)30(35-2)22-27(25)29(33)21-26(23-13-8-6-9-14-23)24-15-10-7-11-16-24/h6-11,13-16,20,22,26,29H,3-5,12,17-19,21H2,1-2H3. The van der Waals surface area contributed by atoms with E-state index in [1.165, 1.54) is 35.1 Å². The maximum Gasteiger partial charge on any atom is 0.223 e. The number of hydrogen-bond acceptors (Lipinski definition) is 2. The maximum atomic E-state index is 13.5. The molecule has 1 unspecified atom stereocenters. The minimum Gasteiger partial charge on any atom is -0.496 e. The summed E-state index contributed by atoms with van der Waals surface area (Å²) in [4.78, 5) is 15.7. The highest BCUT2D eigenvalue weighted by atomic mass is 79.9. The first kappa shape index (κ1) is 25.5. The van der Waals surface area contributed by atoms with Crippen LogP contribution in [0.3, 0.4) is 0 Å². The van der Waals surface area contributed by atoms with Crippen LogP contribution in [0.15, 0.2) is 77.3 Å². The second kappa shape index (κ2) is 12.4. The zero-order chi connectivity index (χ0) is 24.6. The van der Waals surface area contributed by atoms with Crippen LogP contribution in [0.5, 0.6) is 5.75 Å². The Morgan fingerprint density at radius 1 is 1.00 bits per heavy atom. The number of carbonyl (C=O) groups excluding carboxylic acids is 1. The van der Waals surface area contributed by atoms with E-state index in [-0.39, 0.29) is 17.9 Å². The molecule has 0 bridgehead atoms. The fourth-order valence-electron chi connectivity index (χ4n) is 5.32. The van der Waals surface area contributed by atoms with Gasteiger partial charge in [-0.15, -0.1) is 0 Å². The molecule has 4 heteroatoms. The molecule has 1 aliphatic rings. The monoisotopic (exact) mass is 533 g/mol. The molecule has 3 aromatic carbocycles. The fraction of sp³-hybridized carbons (Fsp3) is 0.387. The highest BCUT2D eigenvalue weighted by Crippen LogP contribution is 2.43. The van der Waals surface area contributed by atoms with Gasteiger partial charge in [0.25, 0.3) is 0 Å². The van der Waals surface area contributed by atoms with Crippen molar-refractivity contribution >= 4 is 21.8 Å². The van der Waals surface area contributed by atoms with Gasteiger partial charge < -0.3 is 9.64 Å². The summed E-state index contributed by atoms with van der Waals surface area (Å²) < 4.78 is 6.64. The van der Waals surface area contributed by atoms with Gasteiger partial charge in [0.2, 0.25) is 5.91 Å². The summed E-state index contributed by atoms with van der Waals surface area (Å²) >= 11 is 3.67. The first-order valence-corrected chi connectivity index (χ1v) is 13.7. The molecular weight excluding hydrogens is 498 g/mol. The van der Waals surface area contributed by atoms with Gasteiger partial charge in [-0.1, -0.05) is 86.8 Å². The van der Waals surface area contributed by atoms with Gasteiger partial charge >= 0.3 is 0 Å². The molecule has 0 radical (unpaired) electrons. The molecule has 0 aliphatic carbocycles. The normalized spacial score (nSPS) is 15.2. The van der Waals surface area contributed by atoms with Gasteiger partial charge in [-0.05, 0) is 69.6 Å². The highest BCUT2D eigenvalue weighted by molar-refractivity contribution is 9.10. The Morgan fingerprint density at radius 3 is 2.26 bits per heavy atom. The van der Waals surface area contributed by atoms with E-state index in [9.17, 15) is 4.79 Å². The number of nitrogens with zero attached hydrogens (tertiary/aromatic N) is 1. The third kappa shape index (κ3) is 6.16. The van der Waals surface area contributed by atoms with Gasteiger partial charge in [-0.25, -0.2) is 0 Å². The maximum absolute atomic E-state index is 13.5. The fourth-order valence-corrected chi connectivity index (χ4v) is 5.87. The lowest BCUT2D eigenvalue weighted by Gasteiger charge is -2.40. The summed E-state index contributed by atoms with van der Waals surface area (Å²) in [6, 6.07) is 25.7. The SMILES string of the molecule is CCCCCCC(=O)N1CCc2cc(Br)c(OC)cc2C1CC(c1ccccc1)c1ccccc1. The number of unbranched alkanes of at least 4 members (excludes halogenated alkanes) is 3. The number of ether oxygens (including phenoxy) is 1. The summed E-state index contributed by atoms with van der Waals surface area (Å²) in [5.74, 6) is 1.29. The van der Waals surface area contributed by atoms with Crippen molar-refractivity contribution in [1.82, 2.24) is 4.90 Å². The molecule has 3 aromatic rings. The van der Waals surface area contributed by atoms with Crippen LogP contribution in [0, 0.1) is 0 Å². The van der Waals surface area contributed by atoms with Crippen LogP contribution in [0.1, 0.15) is 79.7 Å². The quantitative estimate of drug-likeness (QED) is 0.246. The average molecular weight is 535 g/mol. The predicted octanol–water partition coefficient (Wildman–Crippen LogP) is 8.08. The highest BCUT2D eigenvalue weighted by Gasteiger charge is 2.34. The van der Waals surface area contributed by atoms with Crippen molar-refractivity contribution in [3.8, 4) is 5.75 Å². The molecule has 3 nitrogen and oxygen atoms in total. The van der Waals surface area contributed by atoms with Gasteiger partial charge in [0.15, 0.2) is 0 Å². The molecular formula is C31H36BrNO2. The second-order valence-electron chi connectivity index (χ2n) is 9.46. The Kier molecular flexibility index (Phi) is 9.03. The molecule has 184 valence electrons. The van der Waals surface area contributed by atoms with Crippen LogP contribution in [-0.4, -0.2) is 24.5 Å². The zero-order valence-corrected chi connectivity index (χ0v) is 22.5. The Balaban J connectivity index is 1.72. The zero-order valence-electron chi connectivity index (χ0n) is 20.9. The van der Waals surface area contributed by atoms with Crippen molar-refractivity contribution in [2.24, 2.45) is 0 Å². The van der Waals surface area contributed by atoms with Crippen molar-refractivity contribution in [1.29, 1.82) is 0 Å². The molecule has 0 spiro atoms.